The van der Waals surface area contributed by atoms with E-state index in [1.807, 2.05) is 6.07 Å². The zero-order valence-electron chi connectivity index (χ0n) is 8.15. The van der Waals surface area contributed by atoms with E-state index in [9.17, 15) is 9.59 Å². The van der Waals surface area contributed by atoms with Gasteiger partial charge in [-0.05, 0) is 12.1 Å². The summed E-state index contributed by atoms with van der Waals surface area (Å²) in [6.45, 7) is 2.67. The Morgan fingerprint density at radius 1 is 1.00 bits per heavy atom. The number of para-hydroxylation sites is 1. The Morgan fingerprint density at radius 3 is 1.93 bits per heavy atom. The van der Waals surface area contributed by atoms with E-state index in [1.165, 1.54) is 13.8 Å². The maximum Gasteiger partial charge on any atom is 0.181 e. The Labute approximate surface area is 82.5 Å². The first-order chi connectivity index (χ1) is 6.61. The predicted molar refractivity (Wildman–Crippen MR) is 54.9 cm³/mol. The fourth-order valence-electron chi connectivity index (χ4n) is 1.04. The molecule has 0 bridgehead atoms. The quantitative estimate of drug-likeness (QED) is 0.538. The van der Waals surface area contributed by atoms with Crippen LogP contribution in [0.3, 0.4) is 0 Å². The molecule has 0 saturated heterocycles. The van der Waals surface area contributed by atoms with Gasteiger partial charge in [0.1, 0.15) is 5.71 Å². The van der Waals surface area contributed by atoms with Gasteiger partial charge in [-0.2, -0.15) is 0 Å². The Hall–Kier alpha value is -1.77. The van der Waals surface area contributed by atoms with Gasteiger partial charge in [0, 0.05) is 13.8 Å². The highest BCUT2D eigenvalue weighted by Crippen LogP contribution is 2.10. The van der Waals surface area contributed by atoms with Gasteiger partial charge in [0.05, 0.1) is 5.69 Å². The van der Waals surface area contributed by atoms with Crippen molar-refractivity contribution in [2.75, 3.05) is 0 Å². The van der Waals surface area contributed by atoms with Crippen molar-refractivity contribution in [3.63, 3.8) is 0 Å². The van der Waals surface area contributed by atoms with E-state index < -0.39 is 0 Å². The normalized spacial score (nSPS) is 9.29. The number of ketones is 2. The second kappa shape index (κ2) is 4.46. The van der Waals surface area contributed by atoms with Gasteiger partial charge in [-0.3, -0.25) is 9.59 Å². The summed E-state index contributed by atoms with van der Waals surface area (Å²) < 4.78 is 0. The van der Waals surface area contributed by atoms with Crippen LogP contribution in [-0.2, 0) is 9.59 Å². The highest BCUT2D eigenvalue weighted by Gasteiger charge is 2.10. The topological polar surface area (TPSA) is 46.5 Å². The summed E-state index contributed by atoms with van der Waals surface area (Å²) >= 11 is 0. The second-order valence-electron chi connectivity index (χ2n) is 2.91. The molecule has 3 nitrogen and oxygen atoms in total. The summed E-state index contributed by atoms with van der Waals surface area (Å²) in [6, 6.07) is 8.94. The molecule has 1 aromatic carbocycles. The minimum absolute atomic E-state index is 0.00352. The molecule has 1 aromatic rings. The van der Waals surface area contributed by atoms with Crippen molar-refractivity contribution >= 4 is 23.0 Å². The number of aliphatic imine (C=N–C) groups is 1. The van der Waals surface area contributed by atoms with Crippen molar-refractivity contribution in [2.45, 2.75) is 13.8 Å². The molecule has 72 valence electrons. The van der Waals surface area contributed by atoms with Gasteiger partial charge >= 0.3 is 0 Å². The molecule has 0 aliphatic rings. The number of carbonyl (C=O) groups excluding carboxylic acids is 2. The van der Waals surface area contributed by atoms with Crippen molar-refractivity contribution < 1.29 is 9.59 Å². The van der Waals surface area contributed by atoms with Gasteiger partial charge in [-0.15, -0.1) is 0 Å². The van der Waals surface area contributed by atoms with Crippen LogP contribution in [0, 0.1) is 0 Å². The van der Waals surface area contributed by atoms with Crippen LogP contribution in [-0.4, -0.2) is 17.3 Å². The molecule has 0 N–H and O–H groups in total. The van der Waals surface area contributed by atoms with Crippen LogP contribution in [0.2, 0.25) is 0 Å². The van der Waals surface area contributed by atoms with E-state index in [-0.39, 0.29) is 17.3 Å². The third-order valence-corrected chi connectivity index (χ3v) is 1.66. The van der Waals surface area contributed by atoms with E-state index in [4.69, 9.17) is 0 Å². The molecule has 3 heteroatoms. The van der Waals surface area contributed by atoms with E-state index in [1.54, 1.807) is 24.3 Å². The molecule has 0 aliphatic heterocycles. The Morgan fingerprint density at radius 2 is 1.50 bits per heavy atom. The molecule has 0 aliphatic carbocycles. The SMILES string of the molecule is CC(=O)C(=Nc1ccccc1)C(C)=O. The molecule has 0 spiro atoms. The van der Waals surface area contributed by atoms with Gasteiger partial charge in [0.2, 0.25) is 0 Å². The molecule has 1 rings (SSSR count). The van der Waals surface area contributed by atoms with Crippen LogP contribution in [0.4, 0.5) is 5.69 Å². The summed E-state index contributed by atoms with van der Waals surface area (Å²) in [5.74, 6) is -0.609. The smallest absolute Gasteiger partial charge is 0.181 e. The van der Waals surface area contributed by atoms with Crippen molar-refractivity contribution in [3.05, 3.63) is 30.3 Å². The first-order valence-corrected chi connectivity index (χ1v) is 4.27. The molecule has 0 amide bonds. The molecule has 0 fully saturated rings. The summed E-state index contributed by atoms with van der Waals surface area (Å²) in [5, 5.41) is 0. The average molecular weight is 189 g/mol. The molecule has 0 radical (unpaired) electrons. The monoisotopic (exact) mass is 189 g/mol. The van der Waals surface area contributed by atoms with Crippen molar-refractivity contribution in [2.24, 2.45) is 4.99 Å². The van der Waals surface area contributed by atoms with E-state index in [0.717, 1.165) is 0 Å². The summed E-state index contributed by atoms with van der Waals surface area (Å²) in [6.07, 6.45) is 0. The number of carbonyl (C=O) groups is 2. The van der Waals surface area contributed by atoms with Crippen molar-refractivity contribution in [1.29, 1.82) is 0 Å². The minimum atomic E-state index is -0.304. The third-order valence-electron chi connectivity index (χ3n) is 1.66. The van der Waals surface area contributed by atoms with Gasteiger partial charge in [-0.25, -0.2) is 4.99 Å². The summed E-state index contributed by atoms with van der Waals surface area (Å²) in [4.78, 5) is 26.1. The summed E-state index contributed by atoms with van der Waals surface area (Å²) in [5.41, 5.74) is 0.615. The van der Waals surface area contributed by atoms with Crippen molar-refractivity contribution in [3.8, 4) is 0 Å². The molecule has 0 aromatic heterocycles. The molecule has 0 unspecified atom stereocenters. The van der Waals surface area contributed by atoms with Crippen molar-refractivity contribution in [1.82, 2.24) is 0 Å². The lowest BCUT2D eigenvalue weighted by molar-refractivity contribution is -0.114. The Bertz CT molecular complexity index is 364. The fraction of sp³-hybridized carbons (Fsp3) is 0.182. The zero-order chi connectivity index (χ0) is 10.6. The van der Waals surface area contributed by atoms with Crippen LogP contribution in [0.15, 0.2) is 35.3 Å². The van der Waals surface area contributed by atoms with Gasteiger partial charge in [-0.1, -0.05) is 18.2 Å². The number of rotatable bonds is 3. The van der Waals surface area contributed by atoms with E-state index >= 15 is 0 Å². The lowest BCUT2D eigenvalue weighted by Crippen LogP contribution is -2.18. The molecular formula is C11H11NO2. The lowest BCUT2D eigenvalue weighted by atomic mass is 10.2. The molecule has 0 heterocycles. The predicted octanol–water partition coefficient (Wildman–Crippen LogP) is 1.94. The highest BCUT2D eigenvalue weighted by atomic mass is 16.1. The molecule has 0 saturated carbocycles. The number of hydrogen-bond donors (Lipinski definition) is 0. The zero-order valence-corrected chi connectivity index (χ0v) is 8.15. The maximum atomic E-state index is 11.0. The summed E-state index contributed by atoms with van der Waals surface area (Å²) in [7, 11) is 0. The lowest BCUT2D eigenvalue weighted by Gasteiger charge is -1.97. The largest absolute Gasteiger partial charge is 0.293 e. The number of benzene rings is 1. The second-order valence-corrected chi connectivity index (χ2v) is 2.91. The average Bonchev–Trinajstić information content (AvgIpc) is 2.15. The van der Waals surface area contributed by atoms with Crippen LogP contribution in [0.5, 0.6) is 0 Å². The number of nitrogens with zero attached hydrogens (tertiary/aromatic N) is 1. The molecular weight excluding hydrogens is 178 g/mol. The van der Waals surface area contributed by atoms with Crippen LogP contribution in [0.25, 0.3) is 0 Å². The van der Waals surface area contributed by atoms with Gasteiger partial charge in [0.15, 0.2) is 11.6 Å². The molecule has 14 heavy (non-hydrogen) atoms. The van der Waals surface area contributed by atoms with Crippen LogP contribution < -0.4 is 0 Å². The highest BCUT2D eigenvalue weighted by molar-refractivity contribution is 6.65. The maximum absolute atomic E-state index is 11.0. The van der Waals surface area contributed by atoms with E-state index in [0.29, 0.717) is 5.69 Å². The van der Waals surface area contributed by atoms with Gasteiger partial charge < -0.3 is 0 Å². The molecule has 0 atom stereocenters. The Kier molecular flexibility index (Phi) is 3.29. The minimum Gasteiger partial charge on any atom is -0.293 e. The number of Topliss-reactive ketones (excluding diaryl/α,β-unsaturated/α-hetero) is 2. The fourth-order valence-corrected chi connectivity index (χ4v) is 1.04. The third kappa shape index (κ3) is 2.62. The van der Waals surface area contributed by atoms with Crippen LogP contribution >= 0.6 is 0 Å². The first-order valence-electron chi connectivity index (χ1n) is 4.27. The Balaban J connectivity index is 3.06. The first kappa shape index (κ1) is 10.3. The standard InChI is InChI=1S/C11H11NO2/c1-8(13)11(9(2)14)12-10-6-4-3-5-7-10/h3-7H,1-2H3. The van der Waals surface area contributed by atoms with Crippen LogP contribution in [0.1, 0.15) is 13.8 Å². The van der Waals surface area contributed by atoms with E-state index in [2.05, 4.69) is 4.99 Å². The number of hydrogen-bond acceptors (Lipinski definition) is 3. The van der Waals surface area contributed by atoms with Gasteiger partial charge in [0.25, 0.3) is 0 Å².